The van der Waals surface area contributed by atoms with Gasteiger partial charge in [-0.2, -0.15) is 4.98 Å². The van der Waals surface area contributed by atoms with Gasteiger partial charge in [-0.1, -0.05) is 5.16 Å². The van der Waals surface area contributed by atoms with Crippen molar-refractivity contribution < 1.29 is 14.1 Å². The second-order valence-corrected chi connectivity index (χ2v) is 6.63. The lowest BCUT2D eigenvalue weighted by Gasteiger charge is -2.10. The number of pyridine rings is 1. The smallest absolute Gasteiger partial charge is 0.319 e. The minimum absolute atomic E-state index is 0.0493. The standard InChI is InChI=1S/C20H22N6O3/c1-13(2)22-20(28)24-16-5-3-15(4-6-16)23-17(27)7-8-18-25-19(26-29-18)14-9-11-21-12-10-14/h3-6,9-13H,7-8H2,1-2H3,(H,23,27)(H2,22,24,28). The van der Waals surface area contributed by atoms with Crippen LogP contribution >= 0.6 is 0 Å². The van der Waals surface area contributed by atoms with Gasteiger partial charge in [0.2, 0.25) is 17.6 Å². The molecule has 1 aromatic carbocycles. The lowest BCUT2D eigenvalue weighted by Crippen LogP contribution is -2.34. The maximum absolute atomic E-state index is 12.2. The molecule has 2 heterocycles. The number of hydrogen-bond acceptors (Lipinski definition) is 6. The molecule has 150 valence electrons. The highest BCUT2D eigenvalue weighted by molar-refractivity contribution is 5.92. The van der Waals surface area contributed by atoms with Crippen LogP contribution in [0, 0.1) is 0 Å². The molecule has 0 radical (unpaired) electrons. The third kappa shape index (κ3) is 6.13. The third-order valence-corrected chi connectivity index (χ3v) is 3.82. The first-order chi connectivity index (χ1) is 14.0. The molecule has 0 aliphatic rings. The van der Waals surface area contributed by atoms with Crippen LogP contribution in [-0.4, -0.2) is 33.1 Å². The van der Waals surface area contributed by atoms with Crippen molar-refractivity contribution >= 4 is 23.3 Å². The van der Waals surface area contributed by atoms with E-state index in [1.54, 1.807) is 48.8 Å². The summed E-state index contributed by atoms with van der Waals surface area (Å²) in [6.45, 7) is 3.76. The first kappa shape index (κ1) is 20.0. The minimum atomic E-state index is -0.275. The number of nitrogens with one attached hydrogen (secondary N) is 3. The Bertz CT molecular complexity index is 954. The van der Waals surface area contributed by atoms with Gasteiger partial charge in [0.05, 0.1) is 0 Å². The molecule has 0 bridgehead atoms. The van der Waals surface area contributed by atoms with Gasteiger partial charge in [0.15, 0.2) is 0 Å². The summed E-state index contributed by atoms with van der Waals surface area (Å²) < 4.78 is 5.19. The molecule has 2 aromatic heterocycles. The fraction of sp³-hybridized carbons (Fsp3) is 0.250. The highest BCUT2D eigenvalue weighted by Crippen LogP contribution is 2.16. The molecule has 0 aliphatic heterocycles. The Hall–Kier alpha value is -3.75. The molecule has 0 unspecified atom stereocenters. The van der Waals surface area contributed by atoms with Crippen LogP contribution in [0.1, 0.15) is 26.2 Å². The van der Waals surface area contributed by atoms with Crippen LogP contribution in [0.3, 0.4) is 0 Å². The van der Waals surface area contributed by atoms with Crippen molar-refractivity contribution in [2.45, 2.75) is 32.7 Å². The zero-order valence-electron chi connectivity index (χ0n) is 16.2. The number of aryl methyl sites for hydroxylation is 1. The van der Waals surface area contributed by atoms with Crippen molar-refractivity contribution in [1.82, 2.24) is 20.4 Å². The highest BCUT2D eigenvalue weighted by atomic mass is 16.5. The molecular formula is C20H22N6O3. The number of urea groups is 1. The second-order valence-electron chi connectivity index (χ2n) is 6.63. The normalized spacial score (nSPS) is 10.6. The van der Waals surface area contributed by atoms with E-state index in [0.717, 1.165) is 5.56 Å². The molecule has 3 rings (SSSR count). The number of carbonyl (C=O) groups is 2. The Morgan fingerprint density at radius 2 is 1.66 bits per heavy atom. The van der Waals surface area contributed by atoms with Crippen molar-refractivity contribution in [3.05, 3.63) is 54.7 Å². The number of anilines is 2. The van der Waals surface area contributed by atoms with E-state index in [0.29, 0.717) is 29.5 Å². The molecule has 3 amide bonds. The highest BCUT2D eigenvalue weighted by Gasteiger charge is 2.11. The molecule has 0 fully saturated rings. The topological polar surface area (TPSA) is 122 Å². The van der Waals surface area contributed by atoms with Crippen molar-refractivity contribution in [3.63, 3.8) is 0 Å². The lowest BCUT2D eigenvalue weighted by molar-refractivity contribution is -0.116. The number of rotatable bonds is 7. The van der Waals surface area contributed by atoms with Gasteiger partial charge in [0.1, 0.15) is 0 Å². The molecule has 0 atom stereocenters. The summed E-state index contributed by atoms with van der Waals surface area (Å²) in [6.07, 6.45) is 3.83. The summed E-state index contributed by atoms with van der Waals surface area (Å²) >= 11 is 0. The van der Waals surface area contributed by atoms with Crippen LogP contribution in [-0.2, 0) is 11.2 Å². The Kier molecular flexibility index (Phi) is 6.51. The van der Waals surface area contributed by atoms with Gasteiger partial charge in [0.25, 0.3) is 0 Å². The van der Waals surface area contributed by atoms with Gasteiger partial charge in [-0.15, -0.1) is 0 Å². The van der Waals surface area contributed by atoms with Crippen molar-refractivity contribution in [1.29, 1.82) is 0 Å². The predicted octanol–water partition coefficient (Wildman–Crippen LogP) is 3.23. The van der Waals surface area contributed by atoms with Gasteiger partial charge in [-0.25, -0.2) is 4.79 Å². The summed E-state index contributed by atoms with van der Waals surface area (Å²) in [5.41, 5.74) is 2.07. The number of amides is 3. The zero-order chi connectivity index (χ0) is 20.6. The van der Waals surface area contributed by atoms with Gasteiger partial charge in [-0.3, -0.25) is 9.78 Å². The van der Waals surface area contributed by atoms with E-state index in [2.05, 4.69) is 31.1 Å². The van der Waals surface area contributed by atoms with E-state index in [9.17, 15) is 9.59 Å². The van der Waals surface area contributed by atoms with E-state index < -0.39 is 0 Å². The Labute approximate surface area is 167 Å². The number of carbonyl (C=O) groups excluding carboxylic acids is 2. The van der Waals surface area contributed by atoms with Crippen LogP contribution in [0.25, 0.3) is 11.4 Å². The average molecular weight is 394 g/mol. The first-order valence-electron chi connectivity index (χ1n) is 9.20. The fourth-order valence-corrected chi connectivity index (χ4v) is 2.48. The summed E-state index contributed by atoms with van der Waals surface area (Å²) in [4.78, 5) is 32.1. The third-order valence-electron chi connectivity index (χ3n) is 3.82. The van der Waals surface area contributed by atoms with E-state index in [-0.39, 0.29) is 24.4 Å². The summed E-state index contributed by atoms with van der Waals surface area (Å²) in [5, 5.41) is 12.2. The van der Waals surface area contributed by atoms with Crippen LogP contribution in [0.15, 0.2) is 53.3 Å². The predicted molar refractivity (Wildman–Crippen MR) is 108 cm³/mol. The molecule has 0 aliphatic carbocycles. The minimum Gasteiger partial charge on any atom is -0.339 e. The van der Waals surface area contributed by atoms with E-state index in [4.69, 9.17) is 4.52 Å². The number of nitrogens with zero attached hydrogens (tertiary/aromatic N) is 3. The Morgan fingerprint density at radius 3 is 2.31 bits per heavy atom. The maximum Gasteiger partial charge on any atom is 0.319 e. The molecule has 0 saturated carbocycles. The Balaban J connectivity index is 1.47. The van der Waals surface area contributed by atoms with Crippen molar-refractivity contribution in [3.8, 4) is 11.4 Å². The van der Waals surface area contributed by atoms with Gasteiger partial charge < -0.3 is 20.5 Å². The monoisotopic (exact) mass is 394 g/mol. The second kappa shape index (κ2) is 9.45. The average Bonchev–Trinajstić information content (AvgIpc) is 3.17. The van der Waals surface area contributed by atoms with Crippen molar-refractivity contribution in [2.24, 2.45) is 0 Å². The van der Waals surface area contributed by atoms with Crippen molar-refractivity contribution in [2.75, 3.05) is 10.6 Å². The lowest BCUT2D eigenvalue weighted by atomic mass is 10.2. The van der Waals surface area contributed by atoms with Crippen LogP contribution in [0.4, 0.5) is 16.2 Å². The molecule has 29 heavy (non-hydrogen) atoms. The molecule has 0 spiro atoms. The number of benzene rings is 1. The molecule has 3 N–H and O–H groups in total. The summed E-state index contributed by atoms with van der Waals surface area (Å²) in [5.74, 6) is 0.682. The van der Waals surface area contributed by atoms with Crippen LogP contribution in [0.2, 0.25) is 0 Å². The van der Waals surface area contributed by atoms with Gasteiger partial charge in [-0.05, 0) is 50.2 Å². The van der Waals surface area contributed by atoms with E-state index in [1.807, 2.05) is 13.8 Å². The summed E-state index contributed by atoms with van der Waals surface area (Å²) in [7, 11) is 0. The molecule has 3 aromatic rings. The van der Waals surface area contributed by atoms with Gasteiger partial charge >= 0.3 is 6.03 Å². The molecule has 9 nitrogen and oxygen atoms in total. The van der Waals surface area contributed by atoms with Gasteiger partial charge in [0, 0.05) is 48.2 Å². The first-order valence-corrected chi connectivity index (χ1v) is 9.20. The molecule has 0 saturated heterocycles. The van der Waals surface area contributed by atoms with E-state index in [1.165, 1.54) is 0 Å². The number of hydrogen-bond donors (Lipinski definition) is 3. The quantitative estimate of drug-likeness (QED) is 0.565. The molecular weight excluding hydrogens is 372 g/mol. The maximum atomic E-state index is 12.2. The Morgan fingerprint density at radius 1 is 1.00 bits per heavy atom. The molecule has 9 heteroatoms. The van der Waals surface area contributed by atoms with E-state index >= 15 is 0 Å². The fourth-order valence-electron chi connectivity index (χ4n) is 2.48. The zero-order valence-corrected chi connectivity index (χ0v) is 16.2. The number of aromatic nitrogens is 3. The van der Waals surface area contributed by atoms with Crippen LogP contribution < -0.4 is 16.0 Å². The largest absolute Gasteiger partial charge is 0.339 e. The van der Waals surface area contributed by atoms with Crippen LogP contribution in [0.5, 0.6) is 0 Å². The summed E-state index contributed by atoms with van der Waals surface area (Å²) in [6, 6.07) is 10.2. The SMILES string of the molecule is CC(C)NC(=O)Nc1ccc(NC(=O)CCc2nc(-c3ccncc3)no2)cc1.